The van der Waals surface area contributed by atoms with E-state index in [1.54, 1.807) is 8.61 Å². The Morgan fingerprint density at radius 3 is 2.30 bits per heavy atom. The molecule has 0 unspecified atom stereocenters. The van der Waals surface area contributed by atoms with Gasteiger partial charge in [0.15, 0.2) is 0 Å². The quantitative estimate of drug-likeness (QED) is 0.823. The summed E-state index contributed by atoms with van der Waals surface area (Å²) >= 11 is 0. The van der Waals surface area contributed by atoms with Crippen molar-refractivity contribution in [3.63, 3.8) is 0 Å². The Bertz CT molecular complexity index is 523. The summed E-state index contributed by atoms with van der Waals surface area (Å²) in [6, 6.07) is -0.0662. The Balaban J connectivity index is 2.06. The molecule has 0 radical (unpaired) electrons. The van der Waals surface area contributed by atoms with Crippen molar-refractivity contribution in [2.24, 2.45) is 11.3 Å². The van der Waals surface area contributed by atoms with E-state index in [4.69, 9.17) is 0 Å². The standard InChI is InChI=1S/C16H31N3O3S/c1-5-6-14-11-19(12-15(14)17-13(2)20)23(21,22)18-9-7-16(3,4)8-10-18/h14-15H,5-12H2,1-4H3,(H,17,20)/t14-,15-/m1/s1. The highest BCUT2D eigenvalue weighted by Crippen LogP contribution is 2.33. The molecule has 2 rings (SSSR count). The van der Waals surface area contributed by atoms with Gasteiger partial charge in [-0.05, 0) is 30.6 Å². The first-order chi connectivity index (χ1) is 10.7. The van der Waals surface area contributed by atoms with Crippen LogP contribution in [0, 0.1) is 11.3 Å². The molecular formula is C16H31N3O3S. The fraction of sp³-hybridized carbons (Fsp3) is 0.938. The van der Waals surface area contributed by atoms with E-state index in [-0.39, 0.29) is 23.3 Å². The summed E-state index contributed by atoms with van der Waals surface area (Å²) in [5.74, 6) is 0.120. The second-order valence-corrected chi connectivity index (χ2v) is 9.67. The second-order valence-electron chi connectivity index (χ2n) is 7.74. The molecule has 0 aromatic rings. The first kappa shape index (κ1) is 18.7. The van der Waals surface area contributed by atoms with Crippen molar-refractivity contribution in [3.05, 3.63) is 0 Å². The number of hydrogen-bond donors (Lipinski definition) is 1. The highest BCUT2D eigenvalue weighted by Gasteiger charge is 2.42. The molecular weight excluding hydrogens is 314 g/mol. The number of amides is 1. The SMILES string of the molecule is CCC[C@@H]1CN(S(=O)(=O)N2CCC(C)(C)CC2)C[C@H]1NC(C)=O. The summed E-state index contributed by atoms with van der Waals surface area (Å²) in [5.41, 5.74) is 0.223. The Kier molecular flexibility index (Phi) is 5.74. The Morgan fingerprint density at radius 2 is 1.78 bits per heavy atom. The van der Waals surface area contributed by atoms with Crippen LogP contribution in [0.2, 0.25) is 0 Å². The highest BCUT2D eigenvalue weighted by atomic mass is 32.2. The minimum Gasteiger partial charge on any atom is -0.352 e. The van der Waals surface area contributed by atoms with Gasteiger partial charge in [-0.15, -0.1) is 0 Å². The van der Waals surface area contributed by atoms with Gasteiger partial charge in [0.2, 0.25) is 5.91 Å². The molecule has 2 atom stereocenters. The number of hydrogen-bond acceptors (Lipinski definition) is 3. The van der Waals surface area contributed by atoms with Gasteiger partial charge < -0.3 is 5.32 Å². The lowest BCUT2D eigenvalue weighted by Crippen LogP contribution is -2.48. The van der Waals surface area contributed by atoms with Gasteiger partial charge in [-0.1, -0.05) is 27.2 Å². The van der Waals surface area contributed by atoms with E-state index in [2.05, 4.69) is 26.1 Å². The fourth-order valence-electron chi connectivity index (χ4n) is 3.59. The van der Waals surface area contributed by atoms with Gasteiger partial charge in [0.05, 0.1) is 0 Å². The Morgan fingerprint density at radius 1 is 1.17 bits per heavy atom. The normalized spacial score (nSPS) is 29.6. The van der Waals surface area contributed by atoms with Crippen molar-refractivity contribution >= 4 is 16.1 Å². The van der Waals surface area contributed by atoms with Gasteiger partial charge >= 0.3 is 0 Å². The molecule has 23 heavy (non-hydrogen) atoms. The highest BCUT2D eigenvalue weighted by molar-refractivity contribution is 7.86. The van der Waals surface area contributed by atoms with Crippen molar-refractivity contribution in [1.29, 1.82) is 0 Å². The van der Waals surface area contributed by atoms with Gasteiger partial charge in [-0.3, -0.25) is 4.79 Å². The van der Waals surface area contributed by atoms with E-state index in [9.17, 15) is 13.2 Å². The number of piperidine rings is 1. The van der Waals surface area contributed by atoms with Crippen molar-refractivity contribution in [1.82, 2.24) is 13.9 Å². The van der Waals surface area contributed by atoms with E-state index in [1.807, 2.05) is 0 Å². The van der Waals surface area contributed by atoms with E-state index in [1.165, 1.54) is 6.92 Å². The third-order valence-electron chi connectivity index (χ3n) is 5.18. The van der Waals surface area contributed by atoms with Crippen LogP contribution in [0.3, 0.4) is 0 Å². The third-order valence-corrected chi connectivity index (χ3v) is 7.15. The number of carbonyl (C=O) groups is 1. The topological polar surface area (TPSA) is 69.7 Å². The molecule has 6 nitrogen and oxygen atoms in total. The van der Waals surface area contributed by atoms with Crippen molar-refractivity contribution < 1.29 is 13.2 Å². The Labute approximate surface area is 140 Å². The van der Waals surface area contributed by atoms with Crippen LogP contribution in [0.1, 0.15) is 53.4 Å². The van der Waals surface area contributed by atoms with Gasteiger partial charge in [-0.25, -0.2) is 0 Å². The van der Waals surface area contributed by atoms with Gasteiger partial charge in [0, 0.05) is 39.1 Å². The number of nitrogens with one attached hydrogen (secondary N) is 1. The minimum atomic E-state index is -3.42. The molecule has 1 amide bonds. The van der Waals surface area contributed by atoms with E-state index < -0.39 is 10.2 Å². The summed E-state index contributed by atoms with van der Waals surface area (Å²) in [4.78, 5) is 11.4. The lowest BCUT2D eigenvalue weighted by atomic mass is 9.83. The molecule has 2 saturated heterocycles. The van der Waals surface area contributed by atoms with Gasteiger partial charge in [0.25, 0.3) is 10.2 Å². The molecule has 0 aromatic carbocycles. The smallest absolute Gasteiger partial charge is 0.282 e. The van der Waals surface area contributed by atoms with Crippen LogP contribution in [-0.4, -0.2) is 55.2 Å². The summed E-state index contributed by atoms with van der Waals surface area (Å²) in [7, 11) is -3.42. The molecule has 7 heteroatoms. The van der Waals surface area contributed by atoms with E-state index in [0.29, 0.717) is 26.2 Å². The van der Waals surface area contributed by atoms with Crippen molar-refractivity contribution in [2.75, 3.05) is 26.2 Å². The average Bonchev–Trinajstić information content (AvgIpc) is 2.82. The van der Waals surface area contributed by atoms with Crippen LogP contribution in [0.5, 0.6) is 0 Å². The van der Waals surface area contributed by atoms with Crippen LogP contribution < -0.4 is 5.32 Å². The van der Waals surface area contributed by atoms with Crippen LogP contribution in [0.15, 0.2) is 0 Å². The predicted molar refractivity (Wildman–Crippen MR) is 91.1 cm³/mol. The van der Waals surface area contributed by atoms with Crippen molar-refractivity contribution in [2.45, 2.75) is 59.4 Å². The molecule has 1 N–H and O–H groups in total. The first-order valence-electron chi connectivity index (χ1n) is 8.68. The molecule has 2 fully saturated rings. The zero-order chi connectivity index (χ0) is 17.3. The maximum absolute atomic E-state index is 12.9. The summed E-state index contributed by atoms with van der Waals surface area (Å²) < 4.78 is 29.0. The molecule has 134 valence electrons. The zero-order valence-corrected chi connectivity index (χ0v) is 15.7. The van der Waals surface area contributed by atoms with Crippen LogP contribution in [0.25, 0.3) is 0 Å². The lowest BCUT2D eigenvalue weighted by Gasteiger charge is -2.37. The van der Waals surface area contributed by atoms with Gasteiger partial charge in [0.1, 0.15) is 0 Å². The predicted octanol–water partition coefficient (Wildman–Crippen LogP) is 1.59. The molecule has 0 bridgehead atoms. The lowest BCUT2D eigenvalue weighted by molar-refractivity contribution is -0.119. The monoisotopic (exact) mass is 345 g/mol. The van der Waals surface area contributed by atoms with Crippen LogP contribution in [-0.2, 0) is 15.0 Å². The van der Waals surface area contributed by atoms with Gasteiger partial charge in [-0.2, -0.15) is 17.0 Å². The molecule has 0 spiro atoms. The molecule has 0 aromatic heterocycles. The molecule has 2 aliphatic heterocycles. The van der Waals surface area contributed by atoms with E-state index in [0.717, 1.165) is 25.7 Å². The summed E-state index contributed by atoms with van der Waals surface area (Å²) in [5, 5.41) is 2.93. The zero-order valence-electron chi connectivity index (χ0n) is 14.8. The molecule has 2 heterocycles. The van der Waals surface area contributed by atoms with Crippen LogP contribution in [0.4, 0.5) is 0 Å². The van der Waals surface area contributed by atoms with Crippen molar-refractivity contribution in [3.8, 4) is 0 Å². The first-order valence-corrected chi connectivity index (χ1v) is 10.1. The average molecular weight is 346 g/mol. The second kappa shape index (κ2) is 7.07. The van der Waals surface area contributed by atoms with Crippen LogP contribution >= 0.6 is 0 Å². The maximum Gasteiger partial charge on any atom is 0.282 e. The number of carbonyl (C=O) groups excluding carboxylic acids is 1. The third kappa shape index (κ3) is 4.45. The Hall–Kier alpha value is -0.660. The number of nitrogens with zero attached hydrogens (tertiary/aromatic N) is 2. The summed E-state index contributed by atoms with van der Waals surface area (Å²) in [6.45, 7) is 10.1. The summed E-state index contributed by atoms with van der Waals surface area (Å²) in [6.07, 6.45) is 3.72. The largest absolute Gasteiger partial charge is 0.352 e. The number of rotatable bonds is 5. The molecule has 0 saturated carbocycles. The van der Waals surface area contributed by atoms with E-state index >= 15 is 0 Å². The maximum atomic E-state index is 12.9. The minimum absolute atomic E-state index is 0.0662. The molecule has 0 aliphatic carbocycles. The molecule has 2 aliphatic rings. The fourth-order valence-corrected chi connectivity index (χ4v) is 5.29.